The summed E-state index contributed by atoms with van der Waals surface area (Å²) < 4.78 is 5.09. The minimum absolute atomic E-state index is 0.310. The van der Waals surface area contributed by atoms with Crippen molar-refractivity contribution in [3.8, 4) is 11.5 Å². The molecule has 0 aromatic heterocycles. The molecule has 0 heterocycles. The lowest BCUT2D eigenvalue weighted by atomic mass is 10.1. The first-order chi connectivity index (χ1) is 9.24. The Labute approximate surface area is 119 Å². The zero-order valence-corrected chi connectivity index (χ0v) is 12.5. The fraction of sp³-hybridized carbons (Fsp3) is 0.600. The molecule has 1 fully saturated rings. The van der Waals surface area contributed by atoms with Crippen LogP contribution in [0.2, 0.25) is 0 Å². The van der Waals surface area contributed by atoms with Crippen molar-refractivity contribution >= 4 is 11.8 Å². The van der Waals surface area contributed by atoms with Gasteiger partial charge in [0, 0.05) is 29.5 Å². The fourth-order valence-corrected chi connectivity index (χ4v) is 3.86. The number of hydrogen-bond acceptors (Lipinski definition) is 4. The van der Waals surface area contributed by atoms with E-state index in [4.69, 9.17) is 4.74 Å². The number of phenolic OH excluding ortho intramolecular Hbond substituents is 1. The van der Waals surface area contributed by atoms with E-state index in [2.05, 4.69) is 12.2 Å². The highest BCUT2D eigenvalue weighted by Gasteiger charge is 2.26. The van der Waals surface area contributed by atoms with Gasteiger partial charge in [0.15, 0.2) is 0 Å². The van der Waals surface area contributed by atoms with E-state index in [-0.39, 0.29) is 0 Å². The van der Waals surface area contributed by atoms with Crippen molar-refractivity contribution in [2.75, 3.05) is 12.9 Å². The minimum atomic E-state index is 0.310. The van der Waals surface area contributed by atoms with Gasteiger partial charge >= 0.3 is 0 Å². The van der Waals surface area contributed by atoms with Crippen LogP contribution in [0.5, 0.6) is 11.5 Å². The van der Waals surface area contributed by atoms with Gasteiger partial charge in [0.1, 0.15) is 11.5 Å². The Morgan fingerprint density at radius 1 is 1.42 bits per heavy atom. The number of nitrogens with one attached hydrogen (secondary N) is 1. The molecule has 0 bridgehead atoms. The van der Waals surface area contributed by atoms with E-state index < -0.39 is 0 Å². The van der Waals surface area contributed by atoms with Crippen molar-refractivity contribution in [3.63, 3.8) is 0 Å². The highest BCUT2D eigenvalue weighted by atomic mass is 32.2. The van der Waals surface area contributed by atoms with Crippen molar-refractivity contribution in [1.29, 1.82) is 0 Å². The monoisotopic (exact) mass is 281 g/mol. The molecule has 1 aliphatic carbocycles. The summed E-state index contributed by atoms with van der Waals surface area (Å²) in [6.45, 7) is 2.94. The zero-order valence-electron chi connectivity index (χ0n) is 11.7. The average Bonchev–Trinajstić information content (AvgIpc) is 2.85. The van der Waals surface area contributed by atoms with Crippen LogP contribution >= 0.6 is 11.8 Å². The molecule has 106 valence electrons. The maximum absolute atomic E-state index is 9.94. The van der Waals surface area contributed by atoms with Gasteiger partial charge < -0.3 is 15.2 Å². The van der Waals surface area contributed by atoms with Gasteiger partial charge in [-0.2, -0.15) is 11.8 Å². The van der Waals surface area contributed by atoms with Crippen LogP contribution in [-0.2, 0) is 6.54 Å². The Balaban J connectivity index is 1.91. The zero-order chi connectivity index (χ0) is 13.7. The molecular weight excluding hydrogens is 258 g/mol. The van der Waals surface area contributed by atoms with Gasteiger partial charge in [0.25, 0.3) is 0 Å². The van der Waals surface area contributed by atoms with Gasteiger partial charge in [0.05, 0.1) is 7.11 Å². The van der Waals surface area contributed by atoms with E-state index in [1.54, 1.807) is 13.2 Å². The third-order valence-corrected chi connectivity index (χ3v) is 5.01. The first-order valence-electron chi connectivity index (χ1n) is 6.95. The van der Waals surface area contributed by atoms with Crippen LogP contribution in [0.1, 0.15) is 31.7 Å². The smallest absolute Gasteiger partial charge is 0.123 e. The van der Waals surface area contributed by atoms with Gasteiger partial charge in [0.2, 0.25) is 0 Å². The first kappa shape index (κ1) is 14.5. The summed E-state index contributed by atoms with van der Waals surface area (Å²) in [5, 5.41) is 14.3. The van der Waals surface area contributed by atoms with E-state index >= 15 is 0 Å². The van der Waals surface area contributed by atoms with E-state index in [1.807, 2.05) is 23.9 Å². The lowest BCUT2D eigenvalue weighted by molar-refractivity contribution is 0.405. The van der Waals surface area contributed by atoms with Gasteiger partial charge in [-0.15, -0.1) is 0 Å². The molecular formula is C15H23NO2S. The number of rotatable bonds is 6. The molecule has 1 aliphatic rings. The number of phenols is 1. The van der Waals surface area contributed by atoms with Gasteiger partial charge in [-0.1, -0.05) is 19.4 Å². The molecule has 2 N–H and O–H groups in total. The van der Waals surface area contributed by atoms with E-state index in [1.165, 1.54) is 25.0 Å². The van der Waals surface area contributed by atoms with Crippen LogP contribution < -0.4 is 10.1 Å². The summed E-state index contributed by atoms with van der Waals surface area (Å²) >= 11 is 2.05. The second kappa shape index (κ2) is 7.06. The Hall–Kier alpha value is -0.870. The maximum Gasteiger partial charge on any atom is 0.123 e. The van der Waals surface area contributed by atoms with Crippen LogP contribution in [0.25, 0.3) is 0 Å². The summed E-state index contributed by atoms with van der Waals surface area (Å²) in [6.07, 6.45) is 3.86. The highest BCUT2D eigenvalue weighted by molar-refractivity contribution is 7.99. The lowest BCUT2D eigenvalue weighted by Crippen LogP contribution is -2.33. The molecule has 3 nitrogen and oxygen atoms in total. The van der Waals surface area contributed by atoms with Crippen molar-refractivity contribution in [2.24, 2.45) is 0 Å². The van der Waals surface area contributed by atoms with E-state index in [0.29, 0.717) is 17.5 Å². The van der Waals surface area contributed by atoms with Gasteiger partial charge in [-0.05, 0) is 24.7 Å². The standard InChI is InChI=1S/C15H23NO2S/c1-3-19-15-6-4-5-13(15)16-10-11-7-8-12(18-2)9-14(11)17/h7-9,13,15-17H,3-6,10H2,1-2H3. The molecule has 0 radical (unpaired) electrons. The lowest BCUT2D eigenvalue weighted by Gasteiger charge is -2.20. The molecule has 2 rings (SSSR count). The molecule has 4 heteroatoms. The summed E-state index contributed by atoms with van der Waals surface area (Å²) in [5.74, 6) is 2.18. The number of methoxy groups -OCH3 is 1. The predicted octanol–water partition coefficient (Wildman–Crippen LogP) is 3.16. The summed E-state index contributed by atoms with van der Waals surface area (Å²) in [7, 11) is 1.61. The summed E-state index contributed by atoms with van der Waals surface area (Å²) in [6, 6.07) is 6.07. The third-order valence-electron chi connectivity index (χ3n) is 3.68. The topological polar surface area (TPSA) is 41.5 Å². The molecule has 0 aliphatic heterocycles. The highest BCUT2D eigenvalue weighted by Crippen LogP contribution is 2.30. The molecule has 2 unspecified atom stereocenters. The molecule has 1 aromatic rings. The van der Waals surface area contributed by atoms with Crippen molar-refractivity contribution in [1.82, 2.24) is 5.32 Å². The molecule has 1 saturated carbocycles. The number of ether oxygens (including phenoxy) is 1. The summed E-state index contributed by atoms with van der Waals surface area (Å²) in [4.78, 5) is 0. The number of aromatic hydroxyl groups is 1. The second-order valence-corrected chi connectivity index (χ2v) is 6.42. The molecule has 0 amide bonds. The fourth-order valence-electron chi connectivity index (χ4n) is 2.63. The van der Waals surface area contributed by atoms with Gasteiger partial charge in [-0.25, -0.2) is 0 Å². The van der Waals surface area contributed by atoms with Crippen LogP contribution in [-0.4, -0.2) is 29.3 Å². The van der Waals surface area contributed by atoms with Crippen LogP contribution in [0.4, 0.5) is 0 Å². The molecule has 0 saturated heterocycles. The normalized spacial score (nSPS) is 22.6. The van der Waals surface area contributed by atoms with Crippen LogP contribution in [0.15, 0.2) is 18.2 Å². The third kappa shape index (κ3) is 3.80. The molecule has 2 atom stereocenters. The van der Waals surface area contributed by atoms with E-state index in [0.717, 1.165) is 17.4 Å². The van der Waals surface area contributed by atoms with Crippen molar-refractivity contribution in [2.45, 2.75) is 44.0 Å². The van der Waals surface area contributed by atoms with Crippen LogP contribution in [0, 0.1) is 0 Å². The Morgan fingerprint density at radius 3 is 2.95 bits per heavy atom. The number of hydrogen-bond donors (Lipinski definition) is 2. The number of benzene rings is 1. The minimum Gasteiger partial charge on any atom is -0.507 e. The summed E-state index contributed by atoms with van der Waals surface area (Å²) in [5.41, 5.74) is 0.938. The van der Waals surface area contributed by atoms with E-state index in [9.17, 15) is 5.11 Å². The Bertz CT molecular complexity index is 411. The van der Waals surface area contributed by atoms with Gasteiger partial charge in [-0.3, -0.25) is 0 Å². The maximum atomic E-state index is 9.94. The SMILES string of the molecule is CCSC1CCCC1NCc1ccc(OC)cc1O. The number of thioether (sulfide) groups is 1. The Morgan fingerprint density at radius 2 is 2.26 bits per heavy atom. The van der Waals surface area contributed by atoms with Crippen molar-refractivity contribution in [3.05, 3.63) is 23.8 Å². The predicted molar refractivity (Wildman–Crippen MR) is 81.1 cm³/mol. The average molecular weight is 281 g/mol. The van der Waals surface area contributed by atoms with Crippen molar-refractivity contribution < 1.29 is 9.84 Å². The molecule has 19 heavy (non-hydrogen) atoms. The molecule has 1 aromatic carbocycles. The quantitative estimate of drug-likeness (QED) is 0.840. The largest absolute Gasteiger partial charge is 0.507 e. The molecule has 0 spiro atoms. The van der Waals surface area contributed by atoms with Crippen LogP contribution in [0.3, 0.4) is 0 Å². The Kier molecular flexibility index (Phi) is 5.40. The second-order valence-electron chi connectivity index (χ2n) is 4.91. The first-order valence-corrected chi connectivity index (χ1v) is 8.00.